The van der Waals surface area contributed by atoms with Crippen molar-refractivity contribution in [3.05, 3.63) is 34.3 Å². The molecule has 0 radical (unpaired) electrons. The smallest absolute Gasteiger partial charge is 0.323 e. The number of methoxy groups -OCH3 is 1. The molecule has 6 heteroatoms. The molecule has 1 saturated carbocycles. The number of carbonyl (C=O) groups excluding carboxylic acids is 1. The van der Waals surface area contributed by atoms with Crippen LogP contribution >= 0.6 is 15.9 Å². The van der Waals surface area contributed by atoms with Gasteiger partial charge in [-0.05, 0) is 37.1 Å². The molecule has 21 heavy (non-hydrogen) atoms. The second-order valence-corrected chi connectivity index (χ2v) is 5.73. The predicted octanol–water partition coefficient (Wildman–Crippen LogP) is 2.55. The summed E-state index contributed by atoms with van der Waals surface area (Å²) in [5, 5.41) is 8.87. The fraction of sp³-hybridized carbons (Fsp3) is 0.333. The highest BCUT2D eigenvalue weighted by atomic mass is 79.9. The molecule has 1 aromatic carbocycles. The molecule has 0 atom stereocenters. The molecule has 1 fully saturated rings. The number of amides is 1. The van der Waals surface area contributed by atoms with Crippen LogP contribution in [0.25, 0.3) is 6.08 Å². The highest BCUT2D eigenvalue weighted by Gasteiger charge is 2.32. The number of carboxylic acid groups (broad SMARTS) is 1. The van der Waals surface area contributed by atoms with Crippen LogP contribution in [0.1, 0.15) is 18.4 Å². The molecular formula is C15H16BrNO4. The molecule has 1 aromatic rings. The molecule has 0 heterocycles. The fourth-order valence-corrected chi connectivity index (χ4v) is 2.39. The summed E-state index contributed by atoms with van der Waals surface area (Å²) < 4.78 is 6.10. The maximum absolute atomic E-state index is 12.1. The quantitative estimate of drug-likeness (QED) is 0.798. The molecule has 0 unspecified atom stereocenters. The maximum atomic E-state index is 12.1. The van der Waals surface area contributed by atoms with Crippen LogP contribution in [0.2, 0.25) is 0 Å². The summed E-state index contributed by atoms with van der Waals surface area (Å²) in [4.78, 5) is 24.4. The second kappa shape index (κ2) is 6.76. The van der Waals surface area contributed by atoms with Gasteiger partial charge < -0.3 is 14.7 Å². The predicted molar refractivity (Wildman–Crippen MR) is 82.1 cm³/mol. The summed E-state index contributed by atoms with van der Waals surface area (Å²) in [6.45, 7) is -0.260. The van der Waals surface area contributed by atoms with Crippen molar-refractivity contribution in [3.8, 4) is 5.75 Å². The summed E-state index contributed by atoms with van der Waals surface area (Å²) in [5.74, 6) is -0.635. The van der Waals surface area contributed by atoms with Gasteiger partial charge in [0.2, 0.25) is 5.91 Å². The first kappa shape index (κ1) is 15.6. The molecule has 5 nitrogen and oxygen atoms in total. The fourth-order valence-electron chi connectivity index (χ4n) is 2.01. The Morgan fingerprint density at radius 1 is 1.48 bits per heavy atom. The van der Waals surface area contributed by atoms with Crippen LogP contribution in [0.4, 0.5) is 0 Å². The number of rotatable bonds is 6. The van der Waals surface area contributed by atoms with Gasteiger partial charge in [0, 0.05) is 22.2 Å². The van der Waals surface area contributed by atoms with Gasteiger partial charge in [0.1, 0.15) is 12.3 Å². The van der Waals surface area contributed by atoms with Gasteiger partial charge in [0.25, 0.3) is 0 Å². The Morgan fingerprint density at radius 3 is 2.76 bits per heavy atom. The van der Waals surface area contributed by atoms with E-state index in [9.17, 15) is 9.59 Å². The first-order valence-corrected chi connectivity index (χ1v) is 7.34. The number of nitrogens with zero attached hydrogens (tertiary/aromatic N) is 1. The Kier molecular flexibility index (Phi) is 5.01. The lowest BCUT2D eigenvalue weighted by Gasteiger charge is -2.18. The molecule has 2 rings (SSSR count). The van der Waals surface area contributed by atoms with Crippen molar-refractivity contribution in [2.45, 2.75) is 18.9 Å². The zero-order valence-corrected chi connectivity index (χ0v) is 13.2. The molecule has 0 aromatic heterocycles. The van der Waals surface area contributed by atoms with Gasteiger partial charge in [-0.1, -0.05) is 15.9 Å². The van der Waals surface area contributed by atoms with Crippen LogP contribution in [0.5, 0.6) is 5.75 Å². The first-order chi connectivity index (χ1) is 10.0. The Labute approximate surface area is 131 Å². The molecule has 1 amide bonds. The minimum absolute atomic E-state index is 0.0580. The van der Waals surface area contributed by atoms with Crippen LogP contribution in [0.3, 0.4) is 0 Å². The van der Waals surface area contributed by atoms with E-state index in [0.29, 0.717) is 5.75 Å². The average Bonchev–Trinajstić information content (AvgIpc) is 3.26. The van der Waals surface area contributed by atoms with Gasteiger partial charge in [0.15, 0.2) is 0 Å². The molecule has 1 aliphatic rings. The van der Waals surface area contributed by atoms with Crippen molar-refractivity contribution in [2.24, 2.45) is 0 Å². The molecule has 0 aliphatic heterocycles. The molecule has 0 spiro atoms. The molecule has 0 bridgehead atoms. The maximum Gasteiger partial charge on any atom is 0.323 e. The average molecular weight is 354 g/mol. The highest BCUT2D eigenvalue weighted by Crippen LogP contribution is 2.28. The lowest BCUT2D eigenvalue weighted by Crippen LogP contribution is -2.36. The number of halogens is 1. The van der Waals surface area contributed by atoms with Crippen molar-refractivity contribution < 1.29 is 19.4 Å². The second-order valence-electron chi connectivity index (χ2n) is 4.81. The van der Waals surface area contributed by atoms with E-state index in [0.717, 1.165) is 22.9 Å². The van der Waals surface area contributed by atoms with Crippen molar-refractivity contribution >= 4 is 33.9 Å². The zero-order chi connectivity index (χ0) is 15.4. The summed E-state index contributed by atoms with van der Waals surface area (Å²) in [6.07, 6.45) is 4.77. The summed E-state index contributed by atoms with van der Waals surface area (Å²) in [6, 6.07) is 5.53. The van der Waals surface area contributed by atoms with E-state index in [4.69, 9.17) is 9.84 Å². The van der Waals surface area contributed by atoms with E-state index in [1.54, 1.807) is 19.3 Å². The Balaban J connectivity index is 2.13. The Bertz CT molecular complexity index is 581. The van der Waals surface area contributed by atoms with Crippen LogP contribution in [-0.2, 0) is 9.59 Å². The number of hydrogen-bond donors (Lipinski definition) is 1. The number of ether oxygens (including phenoxy) is 1. The molecule has 112 valence electrons. The molecule has 1 N–H and O–H groups in total. The van der Waals surface area contributed by atoms with E-state index in [1.165, 1.54) is 11.0 Å². The largest absolute Gasteiger partial charge is 0.496 e. The number of aliphatic carboxylic acids is 1. The Morgan fingerprint density at radius 2 is 2.19 bits per heavy atom. The third-order valence-electron chi connectivity index (χ3n) is 3.17. The first-order valence-electron chi connectivity index (χ1n) is 6.55. The summed E-state index contributed by atoms with van der Waals surface area (Å²) >= 11 is 3.36. The van der Waals surface area contributed by atoms with Crippen molar-refractivity contribution in [1.82, 2.24) is 4.90 Å². The van der Waals surface area contributed by atoms with Gasteiger partial charge >= 0.3 is 5.97 Å². The van der Waals surface area contributed by atoms with Gasteiger partial charge in [0.05, 0.1) is 7.11 Å². The number of carboxylic acids is 1. The third kappa shape index (κ3) is 4.32. The molecular weight excluding hydrogens is 338 g/mol. The SMILES string of the molecule is COc1ccc(Br)cc1C=CC(=O)N(CC(=O)O)C1CC1. The minimum Gasteiger partial charge on any atom is -0.496 e. The number of carbonyl (C=O) groups is 2. The molecule has 1 aliphatic carbocycles. The van der Waals surface area contributed by atoms with Crippen LogP contribution in [0.15, 0.2) is 28.7 Å². The van der Waals surface area contributed by atoms with Crippen molar-refractivity contribution in [2.75, 3.05) is 13.7 Å². The highest BCUT2D eigenvalue weighted by molar-refractivity contribution is 9.10. The van der Waals surface area contributed by atoms with Crippen LogP contribution < -0.4 is 4.74 Å². The lowest BCUT2D eigenvalue weighted by atomic mass is 10.2. The van der Waals surface area contributed by atoms with E-state index in [1.807, 2.05) is 12.1 Å². The standard InChI is InChI=1S/C15H16BrNO4/c1-21-13-6-3-11(16)8-10(13)2-7-14(18)17(9-15(19)20)12-4-5-12/h2-3,6-8,12H,4-5,9H2,1H3,(H,19,20). The summed E-state index contributed by atoms with van der Waals surface area (Å²) in [7, 11) is 1.56. The van der Waals surface area contributed by atoms with Crippen LogP contribution in [0, 0.1) is 0 Å². The van der Waals surface area contributed by atoms with Gasteiger partial charge in [-0.15, -0.1) is 0 Å². The van der Waals surface area contributed by atoms with Gasteiger partial charge in [-0.2, -0.15) is 0 Å². The van der Waals surface area contributed by atoms with E-state index < -0.39 is 5.97 Å². The lowest BCUT2D eigenvalue weighted by molar-refractivity contribution is -0.143. The number of hydrogen-bond acceptors (Lipinski definition) is 3. The third-order valence-corrected chi connectivity index (χ3v) is 3.67. The van der Waals surface area contributed by atoms with E-state index in [-0.39, 0.29) is 18.5 Å². The molecule has 0 saturated heterocycles. The number of benzene rings is 1. The van der Waals surface area contributed by atoms with Gasteiger partial charge in [-0.3, -0.25) is 9.59 Å². The van der Waals surface area contributed by atoms with E-state index >= 15 is 0 Å². The zero-order valence-electron chi connectivity index (χ0n) is 11.6. The summed E-state index contributed by atoms with van der Waals surface area (Å²) in [5.41, 5.74) is 0.756. The van der Waals surface area contributed by atoms with Gasteiger partial charge in [-0.25, -0.2) is 0 Å². The van der Waals surface area contributed by atoms with E-state index in [2.05, 4.69) is 15.9 Å². The van der Waals surface area contributed by atoms with Crippen molar-refractivity contribution in [1.29, 1.82) is 0 Å². The van der Waals surface area contributed by atoms with Crippen molar-refractivity contribution in [3.63, 3.8) is 0 Å². The Hall–Kier alpha value is -1.82. The normalized spacial score (nSPS) is 14.2. The topological polar surface area (TPSA) is 66.8 Å². The van der Waals surface area contributed by atoms with Crippen LogP contribution in [-0.4, -0.2) is 41.6 Å². The monoisotopic (exact) mass is 353 g/mol. The minimum atomic E-state index is -0.997.